The van der Waals surface area contributed by atoms with E-state index in [0.717, 1.165) is 0 Å². The van der Waals surface area contributed by atoms with Gasteiger partial charge in [-0.15, -0.1) is 0 Å². The Morgan fingerprint density at radius 3 is 2.71 bits per heavy atom. The van der Waals surface area contributed by atoms with Gasteiger partial charge in [-0.05, 0) is 12.1 Å². The summed E-state index contributed by atoms with van der Waals surface area (Å²) >= 11 is 0. The Labute approximate surface area is 97.6 Å². The second-order valence-corrected chi connectivity index (χ2v) is 4.86. The Morgan fingerprint density at radius 1 is 1.41 bits per heavy atom. The van der Waals surface area contributed by atoms with E-state index in [1.807, 2.05) is 0 Å². The number of hydrogen-bond acceptors (Lipinski definition) is 4. The van der Waals surface area contributed by atoms with Gasteiger partial charge in [0.05, 0.1) is 0 Å². The first-order valence-corrected chi connectivity index (χ1v) is 6.21. The Kier molecular flexibility index (Phi) is 4.64. The average molecular weight is 266 g/mol. The minimum Gasteiger partial charge on any atom is -0.492 e. The molecule has 5 nitrogen and oxygen atoms in total. The Hall–Kier alpha value is -1.41. The number of rotatable bonds is 6. The van der Waals surface area contributed by atoms with Crippen LogP contribution in [0.5, 0.6) is 5.75 Å². The van der Waals surface area contributed by atoms with E-state index >= 15 is 0 Å². The van der Waals surface area contributed by atoms with Crippen LogP contribution >= 0.6 is 0 Å². The van der Waals surface area contributed by atoms with Gasteiger partial charge >= 0.3 is 5.76 Å². The number of nitrogens with one attached hydrogen (secondary N) is 1. The molecule has 0 amide bonds. The van der Waals surface area contributed by atoms with E-state index in [9.17, 15) is 17.2 Å². The molecule has 17 heavy (non-hydrogen) atoms. The SMILES string of the molecule is Nc1cccc(OCCNS(=O)(=O)C(F)F)c1. The predicted octanol–water partition coefficient (Wildman–Crippen LogP) is 0.790. The van der Waals surface area contributed by atoms with Gasteiger partial charge in [-0.1, -0.05) is 6.07 Å². The third kappa shape index (κ3) is 4.53. The third-order valence-electron chi connectivity index (χ3n) is 1.77. The summed E-state index contributed by atoms with van der Waals surface area (Å²) in [4.78, 5) is 0. The molecule has 0 heterocycles. The number of ether oxygens (including phenoxy) is 1. The van der Waals surface area contributed by atoms with Gasteiger partial charge in [0.2, 0.25) is 0 Å². The summed E-state index contributed by atoms with van der Waals surface area (Å²) in [5, 5.41) is 0. The number of nitrogens with two attached hydrogens (primary N) is 1. The number of hydrogen-bond donors (Lipinski definition) is 2. The second-order valence-electron chi connectivity index (χ2n) is 3.12. The molecule has 0 radical (unpaired) electrons. The highest BCUT2D eigenvalue weighted by molar-refractivity contribution is 7.89. The number of alkyl halides is 2. The van der Waals surface area contributed by atoms with Crippen LogP contribution in [0.3, 0.4) is 0 Å². The largest absolute Gasteiger partial charge is 0.492 e. The van der Waals surface area contributed by atoms with Crippen molar-refractivity contribution in [3.8, 4) is 5.75 Å². The van der Waals surface area contributed by atoms with Crippen LogP contribution in [-0.2, 0) is 10.0 Å². The van der Waals surface area contributed by atoms with Gasteiger partial charge in [-0.2, -0.15) is 8.78 Å². The highest BCUT2D eigenvalue weighted by Crippen LogP contribution is 2.13. The first-order valence-electron chi connectivity index (χ1n) is 4.67. The third-order valence-corrected chi connectivity index (χ3v) is 2.84. The van der Waals surface area contributed by atoms with Crippen molar-refractivity contribution in [2.75, 3.05) is 18.9 Å². The number of anilines is 1. The minimum absolute atomic E-state index is 0.0601. The topological polar surface area (TPSA) is 81.4 Å². The fraction of sp³-hybridized carbons (Fsp3) is 0.333. The van der Waals surface area contributed by atoms with E-state index in [1.165, 1.54) is 0 Å². The van der Waals surface area contributed by atoms with Gasteiger partial charge in [-0.25, -0.2) is 13.1 Å². The van der Waals surface area contributed by atoms with Crippen LogP contribution in [-0.4, -0.2) is 27.3 Å². The fourth-order valence-electron chi connectivity index (χ4n) is 1.02. The van der Waals surface area contributed by atoms with E-state index < -0.39 is 15.8 Å². The molecule has 3 N–H and O–H groups in total. The van der Waals surface area contributed by atoms with Gasteiger partial charge in [-0.3, -0.25) is 0 Å². The Balaban J connectivity index is 2.35. The molecule has 1 aromatic carbocycles. The van der Waals surface area contributed by atoms with Gasteiger partial charge in [0.15, 0.2) is 0 Å². The molecule has 0 aliphatic rings. The lowest BCUT2D eigenvalue weighted by atomic mass is 10.3. The molecular formula is C9H12F2N2O3S. The highest BCUT2D eigenvalue weighted by Gasteiger charge is 2.22. The van der Waals surface area contributed by atoms with Crippen molar-refractivity contribution in [3.05, 3.63) is 24.3 Å². The normalized spacial score (nSPS) is 11.7. The van der Waals surface area contributed by atoms with Crippen molar-refractivity contribution in [3.63, 3.8) is 0 Å². The maximum atomic E-state index is 11.9. The van der Waals surface area contributed by atoms with Gasteiger partial charge in [0.25, 0.3) is 10.0 Å². The van der Waals surface area contributed by atoms with Crippen LogP contribution < -0.4 is 15.2 Å². The predicted molar refractivity (Wildman–Crippen MR) is 59.3 cm³/mol. The molecular weight excluding hydrogens is 254 g/mol. The second kappa shape index (κ2) is 5.78. The van der Waals surface area contributed by atoms with Crippen LogP contribution in [0.15, 0.2) is 24.3 Å². The van der Waals surface area contributed by atoms with Crippen molar-refractivity contribution >= 4 is 15.7 Å². The fourth-order valence-corrected chi connectivity index (χ4v) is 1.51. The maximum absolute atomic E-state index is 11.9. The summed E-state index contributed by atoms with van der Waals surface area (Å²) < 4.78 is 52.0. The molecule has 0 aliphatic heterocycles. The molecule has 0 bridgehead atoms. The van der Waals surface area contributed by atoms with Gasteiger partial charge < -0.3 is 10.5 Å². The van der Waals surface area contributed by atoms with E-state index in [0.29, 0.717) is 11.4 Å². The van der Waals surface area contributed by atoms with Crippen molar-refractivity contribution < 1.29 is 21.9 Å². The molecule has 0 atom stereocenters. The molecule has 0 aromatic heterocycles. The highest BCUT2D eigenvalue weighted by atomic mass is 32.2. The lowest BCUT2D eigenvalue weighted by Gasteiger charge is -2.08. The summed E-state index contributed by atoms with van der Waals surface area (Å²) in [6, 6.07) is 6.49. The van der Waals surface area contributed by atoms with Crippen molar-refractivity contribution in [1.82, 2.24) is 4.72 Å². The molecule has 0 unspecified atom stereocenters. The summed E-state index contributed by atoms with van der Waals surface area (Å²) in [5.74, 6) is -2.99. The molecule has 8 heteroatoms. The zero-order chi connectivity index (χ0) is 12.9. The summed E-state index contributed by atoms with van der Waals surface area (Å²) in [6.07, 6.45) is 0. The van der Waals surface area contributed by atoms with Crippen molar-refractivity contribution in [2.45, 2.75) is 5.76 Å². The van der Waals surface area contributed by atoms with Crippen LogP contribution in [0.4, 0.5) is 14.5 Å². The van der Waals surface area contributed by atoms with Crippen molar-refractivity contribution in [1.29, 1.82) is 0 Å². The molecule has 0 saturated heterocycles. The van der Waals surface area contributed by atoms with E-state index in [-0.39, 0.29) is 13.2 Å². The maximum Gasteiger partial charge on any atom is 0.350 e. The zero-order valence-corrected chi connectivity index (χ0v) is 9.58. The molecule has 0 saturated carbocycles. The number of sulfonamides is 1. The van der Waals surface area contributed by atoms with E-state index in [1.54, 1.807) is 29.0 Å². The molecule has 1 aromatic rings. The first kappa shape index (κ1) is 13.7. The van der Waals surface area contributed by atoms with Gasteiger partial charge in [0, 0.05) is 18.3 Å². The molecule has 96 valence electrons. The number of halogens is 2. The Bertz CT molecular complexity index is 465. The Morgan fingerprint density at radius 2 is 2.12 bits per heavy atom. The van der Waals surface area contributed by atoms with Gasteiger partial charge in [0.1, 0.15) is 12.4 Å². The lowest BCUT2D eigenvalue weighted by molar-refractivity contribution is 0.231. The van der Waals surface area contributed by atoms with Crippen LogP contribution in [0.1, 0.15) is 0 Å². The van der Waals surface area contributed by atoms with Crippen LogP contribution in [0, 0.1) is 0 Å². The van der Waals surface area contributed by atoms with E-state index in [4.69, 9.17) is 10.5 Å². The van der Waals surface area contributed by atoms with Crippen LogP contribution in [0.25, 0.3) is 0 Å². The standard InChI is InChI=1S/C9H12F2N2O3S/c10-9(11)17(14,15)13-4-5-16-8-3-1-2-7(12)6-8/h1-3,6,9,13H,4-5,12H2. The minimum atomic E-state index is -4.55. The first-order chi connectivity index (χ1) is 7.92. The summed E-state index contributed by atoms with van der Waals surface area (Å²) in [6.45, 7) is -0.295. The average Bonchev–Trinajstić information content (AvgIpc) is 2.24. The number of nitrogen functional groups attached to an aromatic ring is 1. The van der Waals surface area contributed by atoms with Crippen LogP contribution in [0.2, 0.25) is 0 Å². The smallest absolute Gasteiger partial charge is 0.350 e. The molecule has 0 fully saturated rings. The summed E-state index contributed by atoms with van der Waals surface area (Å²) in [5.41, 5.74) is 5.98. The van der Waals surface area contributed by atoms with Crippen molar-refractivity contribution in [2.24, 2.45) is 0 Å². The molecule has 0 aliphatic carbocycles. The quantitative estimate of drug-likeness (QED) is 0.589. The lowest BCUT2D eigenvalue weighted by Crippen LogP contribution is -2.32. The van der Waals surface area contributed by atoms with E-state index in [2.05, 4.69) is 0 Å². The summed E-state index contributed by atoms with van der Waals surface area (Å²) in [7, 11) is -4.55. The number of benzene rings is 1. The monoisotopic (exact) mass is 266 g/mol. The molecule has 0 spiro atoms. The molecule has 1 rings (SSSR count). The zero-order valence-electron chi connectivity index (χ0n) is 8.77.